The summed E-state index contributed by atoms with van der Waals surface area (Å²) in [5, 5.41) is 20.9. The Balaban J connectivity index is 1.45. The van der Waals surface area contributed by atoms with E-state index in [4.69, 9.17) is 0 Å². The van der Waals surface area contributed by atoms with Crippen molar-refractivity contribution >= 4 is 11.5 Å². The molecule has 0 spiro atoms. The maximum Gasteiger partial charge on any atom is 0.185 e. The zero-order valence-corrected chi connectivity index (χ0v) is 13.4. The Bertz CT molecular complexity index is 1020. The summed E-state index contributed by atoms with van der Waals surface area (Å²) < 4.78 is 3.73. The number of fused-ring (bicyclic) bond motifs is 2. The van der Waals surface area contributed by atoms with Crippen LogP contribution in [0.1, 0.15) is 12.2 Å². The molecular weight excluding hydrogens is 316 g/mol. The highest BCUT2D eigenvalue weighted by Gasteiger charge is 2.20. The van der Waals surface area contributed by atoms with Gasteiger partial charge in [-0.2, -0.15) is 9.61 Å². The van der Waals surface area contributed by atoms with E-state index in [1.165, 1.54) is 0 Å². The Morgan fingerprint density at radius 3 is 2.88 bits per heavy atom. The Labute approximate surface area is 143 Å². The average Bonchev–Trinajstić information content (AvgIpc) is 3.28. The summed E-state index contributed by atoms with van der Waals surface area (Å²) in [6.07, 6.45) is 3.54. The van der Waals surface area contributed by atoms with Crippen LogP contribution in [-0.4, -0.2) is 40.6 Å². The number of anilines is 1. The summed E-state index contributed by atoms with van der Waals surface area (Å²) in [4.78, 5) is 4.27. The minimum absolute atomic E-state index is 0.274. The van der Waals surface area contributed by atoms with E-state index >= 15 is 0 Å². The van der Waals surface area contributed by atoms with E-state index in [1.807, 2.05) is 47.1 Å². The third-order valence-corrected chi connectivity index (χ3v) is 4.45. The molecule has 0 radical (unpaired) electrons. The number of aromatic nitrogens is 7. The molecule has 25 heavy (non-hydrogen) atoms. The Hall–Kier alpha value is -3.29. The maximum absolute atomic E-state index is 4.68. The van der Waals surface area contributed by atoms with Crippen molar-refractivity contribution in [3.8, 4) is 11.4 Å². The summed E-state index contributed by atoms with van der Waals surface area (Å²) in [7, 11) is 0. The largest absolute Gasteiger partial charge is 0.364 e. The van der Waals surface area contributed by atoms with Gasteiger partial charge >= 0.3 is 0 Å². The molecule has 1 atom stereocenters. The smallest absolute Gasteiger partial charge is 0.185 e. The third kappa shape index (κ3) is 2.51. The van der Waals surface area contributed by atoms with Gasteiger partial charge in [-0.25, -0.2) is 9.67 Å². The minimum atomic E-state index is 0.274. The van der Waals surface area contributed by atoms with E-state index in [0.717, 1.165) is 48.1 Å². The molecule has 0 unspecified atom stereocenters. The molecule has 124 valence electrons. The van der Waals surface area contributed by atoms with Gasteiger partial charge in [0.15, 0.2) is 11.5 Å². The molecule has 3 aromatic heterocycles. The van der Waals surface area contributed by atoms with Crippen molar-refractivity contribution in [2.75, 3.05) is 5.32 Å². The number of hydrogen-bond donors (Lipinski definition) is 1. The van der Waals surface area contributed by atoms with Gasteiger partial charge in [0.25, 0.3) is 0 Å². The van der Waals surface area contributed by atoms with Crippen LogP contribution in [0.15, 0.2) is 48.8 Å². The molecule has 0 bridgehead atoms. The van der Waals surface area contributed by atoms with Gasteiger partial charge in [0.1, 0.15) is 18.0 Å². The van der Waals surface area contributed by atoms with E-state index in [1.54, 1.807) is 10.8 Å². The number of nitrogens with one attached hydrogen (secondary N) is 1. The fourth-order valence-electron chi connectivity index (χ4n) is 3.20. The van der Waals surface area contributed by atoms with E-state index in [0.29, 0.717) is 0 Å². The standard InChI is InChI=1S/C17H16N8/c1-2-4-12(5-3-1)17-22-21-16-9-7-14(23-25(16)17)20-13-6-8-15-18-11-19-24(15)10-13/h1-5,7,9,11,13H,6,8,10H2,(H,20,23)/t13-/m1/s1. The highest BCUT2D eigenvalue weighted by molar-refractivity contribution is 5.59. The number of hydrogen-bond acceptors (Lipinski definition) is 6. The van der Waals surface area contributed by atoms with Gasteiger partial charge in [0, 0.05) is 18.0 Å². The van der Waals surface area contributed by atoms with Crippen LogP contribution in [0.3, 0.4) is 0 Å². The summed E-state index contributed by atoms with van der Waals surface area (Å²) in [6, 6.07) is 14.1. The van der Waals surface area contributed by atoms with Crippen LogP contribution >= 0.6 is 0 Å². The normalized spacial score (nSPS) is 16.7. The first kappa shape index (κ1) is 14.1. The molecule has 0 aliphatic carbocycles. The van der Waals surface area contributed by atoms with Gasteiger partial charge in [0.05, 0.1) is 6.54 Å². The van der Waals surface area contributed by atoms with Gasteiger partial charge in [-0.15, -0.1) is 15.3 Å². The molecule has 1 N–H and O–H groups in total. The van der Waals surface area contributed by atoms with Crippen molar-refractivity contribution in [1.82, 2.24) is 34.6 Å². The van der Waals surface area contributed by atoms with Crippen LogP contribution in [0.5, 0.6) is 0 Å². The van der Waals surface area contributed by atoms with Gasteiger partial charge in [-0.3, -0.25) is 0 Å². The molecule has 1 aromatic carbocycles. The lowest BCUT2D eigenvalue weighted by atomic mass is 10.1. The predicted molar refractivity (Wildman–Crippen MR) is 92.0 cm³/mol. The highest BCUT2D eigenvalue weighted by Crippen LogP contribution is 2.19. The van der Waals surface area contributed by atoms with E-state index in [-0.39, 0.29) is 6.04 Å². The zero-order chi connectivity index (χ0) is 16.6. The minimum Gasteiger partial charge on any atom is -0.364 e. The fourth-order valence-corrected chi connectivity index (χ4v) is 3.20. The zero-order valence-electron chi connectivity index (χ0n) is 13.4. The summed E-state index contributed by atoms with van der Waals surface area (Å²) >= 11 is 0. The van der Waals surface area contributed by atoms with Crippen LogP contribution < -0.4 is 5.32 Å². The summed E-state index contributed by atoms with van der Waals surface area (Å²) in [5.41, 5.74) is 1.72. The van der Waals surface area contributed by atoms with Crippen molar-refractivity contribution < 1.29 is 0 Å². The van der Waals surface area contributed by atoms with Gasteiger partial charge < -0.3 is 5.32 Å². The van der Waals surface area contributed by atoms with E-state index in [9.17, 15) is 0 Å². The predicted octanol–water partition coefficient (Wildman–Crippen LogP) is 1.81. The van der Waals surface area contributed by atoms with Crippen LogP contribution in [0.4, 0.5) is 5.82 Å². The van der Waals surface area contributed by atoms with Gasteiger partial charge in [0.2, 0.25) is 0 Å². The monoisotopic (exact) mass is 332 g/mol. The van der Waals surface area contributed by atoms with Crippen LogP contribution in [0.25, 0.3) is 17.0 Å². The molecule has 4 aromatic rings. The third-order valence-electron chi connectivity index (χ3n) is 4.45. The van der Waals surface area contributed by atoms with Crippen LogP contribution in [0, 0.1) is 0 Å². The quantitative estimate of drug-likeness (QED) is 0.616. The molecule has 0 fully saturated rings. The van der Waals surface area contributed by atoms with Crippen LogP contribution in [-0.2, 0) is 13.0 Å². The van der Waals surface area contributed by atoms with Gasteiger partial charge in [-0.1, -0.05) is 30.3 Å². The second-order valence-electron chi connectivity index (χ2n) is 6.12. The lowest BCUT2D eigenvalue weighted by Crippen LogP contribution is -2.32. The topological polar surface area (TPSA) is 85.8 Å². The fraction of sp³-hybridized carbons (Fsp3) is 0.235. The molecule has 0 amide bonds. The molecule has 8 heteroatoms. The molecule has 4 heterocycles. The second-order valence-corrected chi connectivity index (χ2v) is 6.12. The lowest BCUT2D eigenvalue weighted by Gasteiger charge is -2.23. The first-order valence-corrected chi connectivity index (χ1v) is 8.28. The molecule has 5 rings (SSSR count). The first-order valence-electron chi connectivity index (χ1n) is 8.28. The van der Waals surface area contributed by atoms with E-state index < -0.39 is 0 Å². The molecule has 1 aliphatic rings. The summed E-state index contributed by atoms with van der Waals surface area (Å²) in [6.45, 7) is 0.794. The number of rotatable bonds is 3. The number of aryl methyl sites for hydroxylation is 1. The number of nitrogens with zero attached hydrogens (tertiary/aromatic N) is 7. The summed E-state index contributed by atoms with van der Waals surface area (Å²) in [5.74, 6) is 2.59. The van der Waals surface area contributed by atoms with Crippen molar-refractivity contribution in [2.45, 2.75) is 25.4 Å². The highest BCUT2D eigenvalue weighted by atomic mass is 15.4. The van der Waals surface area contributed by atoms with Crippen molar-refractivity contribution in [3.63, 3.8) is 0 Å². The number of benzene rings is 1. The maximum atomic E-state index is 4.68. The second kappa shape index (κ2) is 5.66. The lowest BCUT2D eigenvalue weighted by molar-refractivity contribution is 0.440. The molecule has 0 saturated carbocycles. The van der Waals surface area contributed by atoms with E-state index in [2.05, 4.69) is 30.7 Å². The molecule has 8 nitrogen and oxygen atoms in total. The first-order chi connectivity index (χ1) is 12.4. The molecule has 1 aliphatic heterocycles. The van der Waals surface area contributed by atoms with Crippen LogP contribution in [0.2, 0.25) is 0 Å². The van der Waals surface area contributed by atoms with Crippen molar-refractivity contribution in [2.24, 2.45) is 0 Å². The Morgan fingerprint density at radius 1 is 1.04 bits per heavy atom. The SMILES string of the molecule is c1ccc(-c2nnc3ccc(N[C@@H]4CCc5ncnn5C4)nn23)cc1. The Kier molecular flexibility index (Phi) is 3.19. The van der Waals surface area contributed by atoms with Gasteiger partial charge in [-0.05, 0) is 18.6 Å². The average molecular weight is 332 g/mol. The van der Waals surface area contributed by atoms with Crippen molar-refractivity contribution in [3.05, 3.63) is 54.6 Å². The van der Waals surface area contributed by atoms with Crippen molar-refractivity contribution in [1.29, 1.82) is 0 Å². The Morgan fingerprint density at radius 2 is 1.96 bits per heavy atom. The molecular formula is C17H16N8. The molecule has 0 saturated heterocycles.